The van der Waals surface area contributed by atoms with Gasteiger partial charge in [-0.15, -0.1) is 11.6 Å². The third-order valence-electron chi connectivity index (χ3n) is 2.75. The first-order chi connectivity index (χ1) is 7.93. The van der Waals surface area contributed by atoms with E-state index < -0.39 is 10.0 Å². The molecule has 17 heavy (non-hydrogen) atoms. The Morgan fingerprint density at radius 2 is 2.12 bits per heavy atom. The number of aromatic nitrogens is 1. The van der Waals surface area contributed by atoms with Crippen molar-refractivity contribution in [1.82, 2.24) is 8.87 Å². The van der Waals surface area contributed by atoms with E-state index >= 15 is 0 Å². The number of sulfonamides is 1. The predicted octanol–water partition coefficient (Wildman–Crippen LogP) is 2.18. The largest absolute Gasteiger partial charge is 0.352 e. The summed E-state index contributed by atoms with van der Waals surface area (Å²) in [6, 6.07) is 1.63. The first-order valence-electron chi connectivity index (χ1n) is 5.61. The van der Waals surface area contributed by atoms with E-state index in [1.54, 1.807) is 30.9 Å². The lowest BCUT2D eigenvalue weighted by Gasteiger charge is -2.15. The molecule has 0 aliphatic rings. The number of hydrogen-bond donors (Lipinski definition) is 0. The molecule has 0 saturated heterocycles. The minimum Gasteiger partial charge on any atom is -0.352 e. The lowest BCUT2D eigenvalue weighted by Crippen LogP contribution is -2.27. The highest BCUT2D eigenvalue weighted by Crippen LogP contribution is 2.18. The maximum atomic E-state index is 12.2. The predicted molar refractivity (Wildman–Crippen MR) is 69.7 cm³/mol. The molecule has 0 saturated carbocycles. The molecule has 0 unspecified atom stereocenters. The number of rotatable bonds is 6. The molecule has 0 aliphatic carbocycles. The zero-order valence-electron chi connectivity index (χ0n) is 10.5. The van der Waals surface area contributed by atoms with Gasteiger partial charge >= 0.3 is 0 Å². The van der Waals surface area contributed by atoms with Crippen molar-refractivity contribution < 1.29 is 8.42 Å². The van der Waals surface area contributed by atoms with Gasteiger partial charge in [0.2, 0.25) is 10.0 Å². The van der Waals surface area contributed by atoms with Crippen LogP contribution in [0.15, 0.2) is 17.2 Å². The van der Waals surface area contributed by atoms with Crippen molar-refractivity contribution in [1.29, 1.82) is 0 Å². The molecule has 0 aromatic carbocycles. The van der Waals surface area contributed by atoms with Crippen LogP contribution >= 0.6 is 11.6 Å². The van der Waals surface area contributed by atoms with E-state index in [2.05, 4.69) is 0 Å². The average molecular weight is 279 g/mol. The zero-order chi connectivity index (χ0) is 13.1. The topological polar surface area (TPSA) is 42.3 Å². The van der Waals surface area contributed by atoms with Crippen LogP contribution in [0.2, 0.25) is 0 Å². The molecule has 1 aromatic rings. The Labute approximate surface area is 108 Å². The van der Waals surface area contributed by atoms with Crippen molar-refractivity contribution in [3.8, 4) is 0 Å². The molecule has 0 spiro atoms. The van der Waals surface area contributed by atoms with Gasteiger partial charge in [-0.05, 0) is 12.5 Å². The Morgan fingerprint density at radius 3 is 2.59 bits per heavy atom. The SMILES string of the molecule is CCCCN(C)S(=O)(=O)c1cc(CCl)n(C)c1. The van der Waals surface area contributed by atoms with Crippen LogP contribution in [0.5, 0.6) is 0 Å². The van der Waals surface area contributed by atoms with Crippen molar-refractivity contribution in [3.63, 3.8) is 0 Å². The molecule has 0 N–H and O–H groups in total. The Bertz CT molecular complexity index is 468. The fraction of sp³-hybridized carbons (Fsp3) is 0.636. The highest BCUT2D eigenvalue weighted by molar-refractivity contribution is 7.89. The quantitative estimate of drug-likeness (QED) is 0.749. The van der Waals surface area contributed by atoms with Gasteiger partial charge in [-0.1, -0.05) is 13.3 Å². The highest BCUT2D eigenvalue weighted by atomic mass is 35.5. The lowest BCUT2D eigenvalue weighted by atomic mass is 10.3. The summed E-state index contributed by atoms with van der Waals surface area (Å²) in [5, 5.41) is 0. The third kappa shape index (κ3) is 3.24. The Morgan fingerprint density at radius 1 is 1.47 bits per heavy atom. The van der Waals surface area contributed by atoms with Crippen molar-refractivity contribution in [2.24, 2.45) is 7.05 Å². The van der Waals surface area contributed by atoms with Crippen LogP contribution in [0, 0.1) is 0 Å². The lowest BCUT2D eigenvalue weighted by molar-refractivity contribution is 0.459. The van der Waals surface area contributed by atoms with Crippen LogP contribution in [0.1, 0.15) is 25.5 Å². The molecule has 0 aliphatic heterocycles. The average Bonchev–Trinajstić information content (AvgIpc) is 2.67. The molecule has 4 nitrogen and oxygen atoms in total. The number of unbranched alkanes of at least 4 members (excludes halogenated alkanes) is 1. The Hall–Kier alpha value is -0.520. The Kier molecular flexibility index (Phi) is 5.04. The van der Waals surface area contributed by atoms with Gasteiger partial charge in [0, 0.05) is 32.5 Å². The second kappa shape index (κ2) is 5.89. The van der Waals surface area contributed by atoms with Gasteiger partial charge in [-0.2, -0.15) is 0 Å². The van der Waals surface area contributed by atoms with E-state index in [0.29, 0.717) is 17.3 Å². The number of hydrogen-bond acceptors (Lipinski definition) is 2. The van der Waals surface area contributed by atoms with E-state index in [1.165, 1.54) is 4.31 Å². The van der Waals surface area contributed by atoms with Crippen molar-refractivity contribution >= 4 is 21.6 Å². The molecule has 1 heterocycles. The van der Waals surface area contributed by atoms with Gasteiger partial charge < -0.3 is 4.57 Å². The molecular formula is C11H19ClN2O2S. The fourth-order valence-electron chi connectivity index (χ4n) is 1.53. The first kappa shape index (κ1) is 14.5. The molecule has 0 atom stereocenters. The van der Waals surface area contributed by atoms with Gasteiger partial charge in [0.1, 0.15) is 4.90 Å². The smallest absolute Gasteiger partial charge is 0.244 e. The summed E-state index contributed by atoms with van der Waals surface area (Å²) < 4.78 is 27.5. The summed E-state index contributed by atoms with van der Waals surface area (Å²) in [6.07, 6.45) is 3.45. The van der Waals surface area contributed by atoms with E-state index in [-0.39, 0.29) is 0 Å². The van der Waals surface area contributed by atoms with Crippen molar-refractivity contribution in [2.45, 2.75) is 30.5 Å². The summed E-state index contributed by atoms with van der Waals surface area (Å²) in [4.78, 5) is 0.314. The maximum Gasteiger partial charge on any atom is 0.244 e. The van der Waals surface area contributed by atoms with E-state index in [1.807, 2.05) is 6.92 Å². The molecule has 98 valence electrons. The van der Waals surface area contributed by atoms with Crippen molar-refractivity contribution in [3.05, 3.63) is 18.0 Å². The molecule has 0 amide bonds. The second-order valence-electron chi connectivity index (χ2n) is 4.09. The minimum absolute atomic E-state index is 0.310. The maximum absolute atomic E-state index is 12.2. The van der Waals surface area contributed by atoms with Gasteiger partial charge in [-0.3, -0.25) is 0 Å². The molecule has 0 bridgehead atoms. The van der Waals surface area contributed by atoms with Crippen LogP contribution in [0.4, 0.5) is 0 Å². The molecule has 1 rings (SSSR count). The number of alkyl halides is 1. The highest BCUT2D eigenvalue weighted by Gasteiger charge is 2.22. The van der Waals surface area contributed by atoms with Crippen LogP contribution in [-0.2, 0) is 23.0 Å². The van der Waals surface area contributed by atoms with Crippen LogP contribution in [0.3, 0.4) is 0 Å². The van der Waals surface area contributed by atoms with Gasteiger partial charge in [0.05, 0.1) is 5.88 Å². The van der Waals surface area contributed by atoms with Gasteiger partial charge in [-0.25, -0.2) is 12.7 Å². The van der Waals surface area contributed by atoms with E-state index in [0.717, 1.165) is 18.5 Å². The van der Waals surface area contributed by atoms with Gasteiger partial charge in [0.15, 0.2) is 0 Å². The minimum atomic E-state index is -3.37. The van der Waals surface area contributed by atoms with Crippen LogP contribution < -0.4 is 0 Å². The second-order valence-corrected chi connectivity index (χ2v) is 6.40. The molecule has 6 heteroatoms. The number of halogens is 1. The third-order valence-corrected chi connectivity index (χ3v) is 4.85. The molecule has 1 aromatic heterocycles. The summed E-state index contributed by atoms with van der Waals surface area (Å²) >= 11 is 5.73. The van der Waals surface area contributed by atoms with Crippen LogP contribution in [-0.4, -0.2) is 30.9 Å². The summed E-state index contributed by atoms with van der Waals surface area (Å²) in [6.45, 7) is 2.58. The normalized spacial score (nSPS) is 12.3. The summed E-state index contributed by atoms with van der Waals surface area (Å²) in [7, 11) is 0.0348. The number of nitrogens with zero attached hydrogens (tertiary/aromatic N) is 2. The van der Waals surface area contributed by atoms with Crippen molar-refractivity contribution in [2.75, 3.05) is 13.6 Å². The summed E-state index contributed by atoms with van der Waals surface area (Å²) in [5.41, 5.74) is 0.800. The Balaban J connectivity index is 2.96. The van der Waals surface area contributed by atoms with E-state index in [4.69, 9.17) is 11.6 Å². The fourth-order valence-corrected chi connectivity index (χ4v) is 3.10. The first-order valence-corrected chi connectivity index (χ1v) is 7.58. The van der Waals surface area contributed by atoms with E-state index in [9.17, 15) is 8.42 Å². The van der Waals surface area contributed by atoms with Crippen LogP contribution in [0.25, 0.3) is 0 Å². The molecule has 0 fully saturated rings. The standard InChI is InChI=1S/C11H19ClN2O2S/c1-4-5-6-14(3)17(15,16)11-7-10(8-12)13(2)9-11/h7,9H,4-6,8H2,1-3H3. The molecule has 0 radical (unpaired) electrons. The zero-order valence-corrected chi connectivity index (χ0v) is 12.1. The monoisotopic (exact) mass is 278 g/mol. The summed E-state index contributed by atoms with van der Waals surface area (Å²) in [5.74, 6) is 0.310. The van der Waals surface area contributed by atoms with Gasteiger partial charge in [0.25, 0.3) is 0 Å². The number of aryl methyl sites for hydroxylation is 1. The molecular weight excluding hydrogens is 260 g/mol.